The molecule has 3 nitrogen and oxygen atoms in total. The molecule has 1 rings (SSSR count). The van der Waals surface area contributed by atoms with Crippen molar-refractivity contribution in [3.8, 4) is 0 Å². The van der Waals surface area contributed by atoms with Crippen molar-refractivity contribution < 1.29 is 9.90 Å². The van der Waals surface area contributed by atoms with E-state index in [9.17, 15) is 4.79 Å². The molecule has 1 aromatic rings. The van der Waals surface area contributed by atoms with E-state index >= 15 is 0 Å². The van der Waals surface area contributed by atoms with Crippen molar-refractivity contribution in [2.24, 2.45) is 0 Å². The van der Waals surface area contributed by atoms with Gasteiger partial charge in [0, 0.05) is 17.2 Å². The number of nitrogens with zero attached hydrogens (tertiary/aromatic N) is 1. The molecule has 0 bridgehead atoms. The van der Waals surface area contributed by atoms with Crippen LogP contribution in [0.4, 0.5) is 0 Å². The molecule has 1 heterocycles. The SMILES string of the molecule is CSCCCn1cc(Br)cc1C(=O)O. The molecule has 1 N–H and O–H groups in total. The zero-order valence-electron chi connectivity index (χ0n) is 7.86. The number of rotatable bonds is 5. The lowest BCUT2D eigenvalue weighted by Crippen LogP contribution is -2.08. The van der Waals surface area contributed by atoms with Crippen molar-refractivity contribution in [1.29, 1.82) is 0 Å². The molecule has 0 saturated heterocycles. The fourth-order valence-corrected chi connectivity index (χ4v) is 2.10. The molecule has 0 radical (unpaired) electrons. The van der Waals surface area contributed by atoms with Gasteiger partial charge < -0.3 is 9.67 Å². The summed E-state index contributed by atoms with van der Waals surface area (Å²) in [7, 11) is 0. The number of hydrogen-bond donors (Lipinski definition) is 1. The summed E-state index contributed by atoms with van der Waals surface area (Å²) in [6, 6.07) is 1.63. The minimum absolute atomic E-state index is 0.345. The molecule has 0 fully saturated rings. The number of thioether (sulfide) groups is 1. The first-order chi connectivity index (χ1) is 6.65. The van der Waals surface area contributed by atoms with Gasteiger partial charge >= 0.3 is 5.97 Å². The Labute approximate surface area is 95.6 Å². The van der Waals surface area contributed by atoms with E-state index in [1.165, 1.54) is 0 Å². The average molecular weight is 278 g/mol. The topological polar surface area (TPSA) is 42.2 Å². The van der Waals surface area contributed by atoms with E-state index in [4.69, 9.17) is 5.11 Å². The second kappa shape index (κ2) is 5.46. The molecule has 0 saturated carbocycles. The first-order valence-electron chi connectivity index (χ1n) is 4.23. The van der Waals surface area contributed by atoms with E-state index in [-0.39, 0.29) is 0 Å². The predicted molar refractivity (Wildman–Crippen MR) is 62.1 cm³/mol. The number of aromatic carboxylic acids is 1. The van der Waals surface area contributed by atoms with E-state index in [2.05, 4.69) is 15.9 Å². The summed E-state index contributed by atoms with van der Waals surface area (Å²) in [5.74, 6) is 0.175. The Morgan fingerprint density at radius 3 is 3.00 bits per heavy atom. The van der Waals surface area contributed by atoms with Crippen LogP contribution in [0, 0.1) is 0 Å². The first-order valence-corrected chi connectivity index (χ1v) is 6.41. The van der Waals surface area contributed by atoms with Crippen molar-refractivity contribution in [2.45, 2.75) is 13.0 Å². The van der Waals surface area contributed by atoms with Gasteiger partial charge in [-0.1, -0.05) is 0 Å². The van der Waals surface area contributed by atoms with Crippen molar-refractivity contribution in [1.82, 2.24) is 4.57 Å². The van der Waals surface area contributed by atoms with E-state index < -0.39 is 5.97 Å². The summed E-state index contributed by atoms with van der Waals surface area (Å²) in [6.45, 7) is 0.758. The van der Waals surface area contributed by atoms with Crippen LogP contribution in [0.5, 0.6) is 0 Å². The number of hydrogen-bond acceptors (Lipinski definition) is 2. The van der Waals surface area contributed by atoms with Crippen LogP contribution in [0.2, 0.25) is 0 Å². The second-order valence-corrected chi connectivity index (χ2v) is 4.79. The van der Waals surface area contributed by atoms with Gasteiger partial charge in [0.05, 0.1) is 0 Å². The molecule has 0 aromatic carbocycles. The number of carboxylic acid groups (broad SMARTS) is 1. The van der Waals surface area contributed by atoms with Gasteiger partial charge in [0.1, 0.15) is 5.69 Å². The molecular formula is C9H12BrNO2S. The van der Waals surface area contributed by atoms with Gasteiger partial charge in [-0.25, -0.2) is 4.79 Å². The van der Waals surface area contributed by atoms with E-state index in [0.717, 1.165) is 23.2 Å². The third-order valence-electron chi connectivity index (χ3n) is 1.83. The lowest BCUT2D eigenvalue weighted by Gasteiger charge is -2.04. The Balaban J connectivity index is 2.69. The zero-order chi connectivity index (χ0) is 10.6. The van der Waals surface area contributed by atoms with Gasteiger partial charge in [0.2, 0.25) is 0 Å². The largest absolute Gasteiger partial charge is 0.477 e. The zero-order valence-corrected chi connectivity index (χ0v) is 10.3. The van der Waals surface area contributed by atoms with Gasteiger partial charge in [-0.3, -0.25) is 0 Å². The van der Waals surface area contributed by atoms with Crippen LogP contribution in [0.15, 0.2) is 16.7 Å². The van der Waals surface area contributed by atoms with E-state index in [0.29, 0.717) is 5.69 Å². The number of carboxylic acids is 1. The smallest absolute Gasteiger partial charge is 0.352 e. The third kappa shape index (κ3) is 3.06. The van der Waals surface area contributed by atoms with Crippen LogP contribution in [0.1, 0.15) is 16.9 Å². The Morgan fingerprint density at radius 1 is 1.71 bits per heavy atom. The Morgan fingerprint density at radius 2 is 2.43 bits per heavy atom. The summed E-state index contributed by atoms with van der Waals surface area (Å²) in [4.78, 5) is 10.8. The molecule has 0 aliphatic rings. The number of aryl methyl sites for hydroxylation is 1. The van der Waals surface area contributed by atoms with Crippen LogP contribution in [-0.4, -0.2) is 27.7 Å². The molecule has 14 heavy (non-hydrogen) atoms. The Bertz CT molecular complexity index is 325. The first kappa shape index (κ1) is 11.7. The van der Waals surface area contributed by atoms with Crippen molar-refractivity contribution in [3.05, 3.63) is 22.4 Å². The molecule has 0 atom stereocenters. The third-order valence-corrected chi connectivity index (χ3v) is 2.96. The van der Waals surface area contributed by atoms with Crippen LogP contribution < -0.4 is 0 Å². The molecule has 0 aliphatic carbocycles. The summed E-state index contributed by atoms with van der Waals surface area (Å²) in [6.07, 6.45) is 4.84. The second-order valence-electron chi connectivity index (χ2n) is 2.89. The molecule has 78 valence electrons. The summed E-state index contributed by atoms with van der Waals surface area (Å²) >= 11 is 5.04. The Kier molecular flexibility index (Phi) is 4.54. The van der Waals surface area contributed by atoms with E-state index in [1.54, 1.807) is 22.4 Å². The maximum Gasteiger partial charge on any atom is 0.352 e. The lowest BCUT2D eigenvalue weighted by molar-refractivity contribution is 0.0685. The highest BCUT2D eigenvalue weighted by Gasteiger charge is 2.10. The van der Waals surface area contributed by atoms with Gasteiger partial charge in [0.25, 0.3) is 0 Å². The standard InChI is InChI=1S/C9H12BrNO2S/c1-14-4-2-3-11-6-7(10)5-8(11)9(12)13/h5-6H,2-4H2,1H3,(H,12,13). The van der Waals surface area contributed by atoms with Crippen LogP contribution in [-0.2, 0) is 6.54 Å². The quantitative estimate of drug-likeness (QED) is 0.842. The fourth-order valence-electron chi connectivity index (χ4n) is 1.22. The monoisotopic (exact) mass is 277 g/mol. The average Bonchev–Trinajstić information content (AvgIpc) is 2.47. The van der Waals surface area contributed by atoms with Crippen LogP contribution >= 0.6 is 27.7 Å². The minimum Gasteiger partial charge on any atom is -0.477 e. The van der Waals surface area contributed by atoms with Crippen molar-refractivity contribution >= 4 is 33.7 Å². The van der Waals surface area contributed by atoms with Gasteiger partial charge in [-0.05, 0) is 40.4 Å². The fraction of sp³-hybridized carbons (Fsp3) is 0.444. The molecule has 0 amide bonds. The molecule has 0 unspecified atom stereocenters. The predicted octanol–water partition coefficient (Wildman–Crippen LogP) is 2.70. The molecular weight excluding hydrogens is 266 g/mol. The van der Waals surface area contributed by atoms with E-state index in [1.807, 2.05) is 12.5 Å². The normalized spacial score (nSPS) is 10.4. The number of carbonyl (C=O) groups is 1. The highest BCUT2D eigenvalue weighted by molar-refractivity contribution is 9.10. The molecule has 1 aromatic heterocycles. The maximum atomic E-state index is 10.8. The maximum absolute atomic E-state index is 10.8. The summed E-state index contributed by atoms with van der Waals surface area (Å²) in [5.41, 5.74) is 0.345. The number of aromatic nitrogens is 1. The van der Waals surface area contributed by atoms with Gasteiger partial charge in [-0.2, -0.15) is 11.8 Å². The highest BCUT2D eigenvalue weighted by atomic mass is 79.9. The van der Waals surface area contributed by atoms with Crippen molar-refractivity contribution in [3.63, 3.8) is 0 Å². The molecule has 5 heteroatoms. The molecule has 0 spiro atoms. The summed E-state index contributed by atoms with van der Waals surface area (Å²) in [5, 5.41) is 8.89. The minimum atomic E-state index is -0.875. The number of halogens is 1. The molecule has 0 aliphatic heterocycles. The summed E-state index contributed by atoms with van der Waals surface area (Å²) < 4.78 is 2.59. The lowest BCUT2D eigenvalue weighted by atomic mass is 10.4. The highest BCUT2D eigenvalue weighted by Crippen LogP contribution is 2.15. The van der Waals surface area contributed by atoms with Gasteiger partial charge in [0.15, 0.2) is 0 Å². The van der Waals surface area contributed by atoms with Crippen molar-refractivity contribution in [2.75, 3.05) is 12.0 Å². The Hall–Kier alpha value is -0.420. The van der Waals surface area contributed by atoms with Crippen LogP contribution in [0.25, 0.3) is 0 Å². The van der Waals surface area contributed by atoms with Crippen LogP contribution in [0.3, 0.4) is 0 Å². The van der Waals surface area contributed by atoms with Gasteiger partial charge in [-0.15, -0.1) is 0 Å².